The van der Waals surface area contributed by atoms with Crippen LogP contribution >= 0.6 is 0 Å². The van der Waals surface area contributed by atoms with Gasteiger partial charge in [-0.25, -0.2) is 4.79 Å². The molecule has 1 aromatic heterocycles. The highest BCUT2D eigenvalue weighted by Crippen LogP contribution is 2.24. The minimum Gasteiger partial charge on any atom is -0.481 e. The summed E-state index contributed by atoms with van der Waals surface area (Å²) in [7, 11) is 0. The van der Waals surface area contributed by atoms with Gasteiger partial charge in [0.15, 0.2) is 0 Å². The molecule has 1 aromatic rings. The van der Waals surface area contributed by atoms with E-state index in [2.05, 4.69) is 10.3 Å². The summed E-state index contributed by atoms with van der Waals surface area (Å²) in [5.74, 6) is -0.912. The van der Waals surface area contributed by atoms with Crippen molar-refractivity contribution in [1.29, 1.82) is 0 Å². The number of carboxylic acids is 1. The predicted octanol–water partition coefficient (Wildman–Crippen LogP) is 1.26. The number of carbonyl (C=O) groups excluding carboxylic acids is 1. The SMILES string of the molecule is CC(C)(CN1CC(c2cccnc2)NC1=O)C(=O)O. The summed E-state index contributed by atoms with van der Waals surface area (Å²) in [5.41, 5.74) is -0.0345. The Labute approximate surface area is 111 Å². The molecule has 6 nitrogen and oxygen atoms in total. The normalized spacial score (nSPS) is 19.4. The Bertz CT molecular complexity index is 487. The largest absolute Gasteiger partial charge is 0.481 e. The molecule has 1 aliphatic rings. The molecule has 2 amide bonds. The van der Waals surface area contributed by atoms with E-state index in [1.54, 1.807) is 26.2 Å². The van der Waals surface area contributed by atoms with Gasteiger partial charge in [-0.1, -0.05) is 6.07 Å². The zero-order valence-electron chi connectivity index (χ0n) is 11.0. The van der Waals surface area contributed by atoms with Gasteiger partial charge in [0.25, 0.3) is 0 Å². The van der Waals surface area contributed by atoms with Gasteiger partial charge in [0.05, 0.1) is 11.5 Å². The van der Waals surface area contributed by atoms with Crippen LogP contribution in [-0.2, 0) is 4.79 Å². The third-order valence-electron chi connectivity index (χ3n) is 3.24. The molecule has 2 N–H and O–H groups in total. The summed E-state index contributed by atoms with van der Waals surface area (Å²) >= 11 is 0. The van der Waals surface area contributed by atoms with E-state index in [0.29, 0.717) is 6.54 Å². The molecule has 1 fully saturated rings. The molecule has 2 rings (SSSR count). The lowest BCUT2D eigenvalue weighted by molar-refractivity contribution is -0.147. The maximum atomic E-state index is 11.9. The smallest absolute Gasteiger partial charge is 0.318 e. The minimum atomic E-state index is -0.957. The topological polar surface area (TPSA) is 82.5 Å². The Balaban J connectivity index is 2.06. The van der Waals surface area contributed by atoms with Gasteiger partial charge in [-0.2, -0.15) is 0 Å². The van der Waals surface area contributed by atoms with Crippen LogP contribution in [0.3, 0.4) is 0 Å². The molecule has 1 saturated heterocycles. The van der Waals surface area contributed by atoms with Crippen molar-refractivity contribution in [2.75, 3.05) is 13.1 Å². The molecule has 0 aliphatic carbocycles. The second-order valence-electron chi connectivity index (χ2n) is 5.36. The van der Waals surface area contributed by atoms with Crippen molar-refractivity contribution in [3.8, 4) is 0 Å². The van der Waals surface area contributed by atoms with Crippen molar-refractivity contribution < 1.29 is 14.7 Å². The standard InChI is InChI=1S/C13H17N3O3/c1-13(2,11(17)18)8-16-7-10(15-12(16)19)9-4-3-5-14-6-9/h3-6,10H,7-8H2,1-2H3,(H,15,19)(H,17,18). The van der Waals surface area contributed by atoms with Gasteiger partial charge in [0.2, 0.25) is 0 Å². The van der Waals surface area contributed by atoms with Gasteiger partial charge in [-0.15, -0.1) is 0 Å². The summed E-state index contributed by atoms with van der Waals surface area (Å²) in [6.07, 6.45) is 3.38. The highest BCUT2D eigenvalue weighted by atomic mass is 16.4. The van der Waals surface area contributed by atoms with Crippen LogP contribution in [0.15, 0.2) is 24.5 Å². The number of hydrogen-bond donors (Lipinski definition) is 2. The van der Waals surface area contributed by atoms with Crippen LogP contribution in [-0.4, -0.2) is 40.1 Å². The number of nitrogens with zero attached hydrogens (tertiary/aromatic N) is 2. The van der Waals surface area contributed by atoms with E-state index in [1.165, 1.54) is 4.90 Å². The maximum absolute atomic E-state index is 11.9. The molecular weight excluding hydrogens is 246 g/mol. The number of carboxylic acid groups (broad SMARTS) is 1. The molecular formula is C13H17N3O3. The summed E-state index contributed by atoms with van der Waals surface area (Å²) in [4.78, 5) is 28.5. The fourth-order valence-corrected chi connectivity index (χ4v) is 2.04. The zero-order valence-corrected chi connectivity index (χ0v) is 11.0. The average Bonchev–Trinajstić information content (AvgIpc) is 2.71. The molecule has 2 heterocycles. The average molecular weight is 263 g/mol. The van der Waals surface area contributed by atoms with Crippen LogP contribution in [0.5, 0.6) is 0 Å². The number of carbonyl (C=O) groups is 2. The van der Waals surface area contributed by atoms with Gasteiger partial charge in [-0.05, 0) is 25.5 Å². The zero-order chi connectivity index (χ0) is 14.0. The third-order valence-corrected chi connectivity index (χ3v) is 3.24. The number of aromatic nitrogens is 1. The molecule has 19 heavy (non-hydrogen) atoms. The number of hydrogen-bond acceptors (Lipinski definition) is 3. The third kappa shape index (κ3) is 2.83. The summed E-state index contributed by atoms with van der Waals surface area (Å²) < 4.78 is 0. The van der Waals surface area contributed by atoms with E-state index >= 15 is 0 Å². The Kier molecular flexibility index (Phi) is 3.42. The van der Waals surface area contributed by atoms with Crippen molar-refractivity contribution in [3.63, 3.8) is 0 Å². The second-order valence-corrected chi connectivity index (χ2v) is 5.36. The summed E-state index contributed by atoms with van der Waals surface area (Å²) in [6.45, 7) is 3.87. The van der Waals surface area contributed by atoms with E-state index in [9.17, 15) is 9.59 Å². The first-order valence-electron chi connectivity index (χ1n) is 6.09. The quantitative estimate of drug-likeness (QED) is 0.856. The number of amides is 2. The maximum Gasteiger partial charge on any atom is 0.318 e. The molecule has 6 heteroatoms. The fourth-order valence-electron chi connectivity index (χ4n) is 2.04. The number of nitrogens with one attached hydrogen (secondary N) is 1. The Morgan fingerprint density at radius 1 is 1.63 bits per heavy atom. The summed E-state index contributed by atoms with van der Waals surface area (Å²) in [5, 5.41) is 11.9. The van der Waals surface area contributed by atoms with Crippen LogP contribution in [0, 0.1) is 5.41 Å². The molecule has 0 spiro atoms. The van der Waals surface area contributed by atoms with Crippen LogP contribution in [0.2, 0.25) is 0 Å². The van der Waals surface area contributed by atoms with Crippen molar-refractivity contribution in [2.45, 2.75) is 19.9 Å². The molecule has 102 valence electrons. The minimum absolute atomic E-state index is 0.134. The van der Waals surface area contributed by atoms with Crippen LogP contribution in [0.25, 0.3) is 0 Å². The lowest BCUT2D eigenvalue weighted by Gasteiger charge is -2.25. The van der Waals surface area contributed by atoms with Crippen molar-refractivity contribution in [2.24, 2.45) is 5.41 Å². The first kappa shape index (κ1) is 13.3. The number of urea groups is 1. The number of pyridine rings is 1. The van der Waals surface area contributed by atoms with E-state index in [0.717, 1.165) is 5.56 Å². The Morgan fingerprint density at radius 3 is 2.95 bits per heavy atom. The Morgan fingerprint density at radius 2 is 2.37 bits per heavy atom. The monoisotopic (exact) mass is 263 g/mol. The number of aliphatic carboxylic acids is 1. The van der Waals surface area contributed by atoms with Gasteiger partial charge in [0.1, 0.15) is 0 Å². The van der Waals surface area contributed by atoms with Gasteiger partial charge < -0.3 is 15.3 Å². The first-order chi connectivity index (χ1) is 8.90. The van der Waals surface area contributed by atoms with Crippen LogP contribution in [0.1, 0.15) is 25.5 Å². The molecule has 0 bridgehead atoms. The van der Waals surface area contributed by atoms with Crippen molar-refractivity contribution >= 4 is 12.0 Å². The van der Waals surface area contributed by atoms with E-state index < -0.39 is 11.4 Å². The molecule has 1 unspecified atom stereocenters. The summed E-state index contributed by atoms with van der Waals surface area (Å²) in [6, 6.07) is 3.34. The van der Waals surface area contributed by atoms with Crippen LogP contribution in [0.4, 0.5) is 4.79 Å². The predicted molar refractivity (Wildman–Crippen MR) is 68.5 cm³/mol. The van der Waals surface area contributed by atoms with Gasteiger partial charge in [0, 0.05) is 25.5 Å². The molecule has 0 saturated carbocycles. The lowest BCUT2D eigenvalue weighted by Crippen LogP contribution is -2.40. The fraction of sp³-hybridized carbons (Fsp3) is 0.462. The Hall–Kier alpha value is -2.11. The second kappa shape index (κ2) is 4.87. The first-order valence-corrected chi connectivity index (χ1v) is 6.09. The molecule has 0 radical (unpaired) electrons. The van der Waals surface area contributed by atoms with Gasteiger partial charge in [-0.3, -0.25) is 9.78 Å². The molecule has 1 aliphatic heterocycles. The molecule has 1 atom stereocenters. The van der Waals surface area contributed by atoms with E-state index in [-0.39, 0.29) is 18.6 Å². The highest BCUT2D eigenvalue weighted by molar-refractivity contribution is 5.79. The van der Waals surface area contributed by atoms with Gasteiger partial charge >= 0.3 is 12.0 Å². The van der Waals surface area contributed by atoms with Crippen molar-refractivity contribution in [1.82, 2.24) is 15.2 Å². The molecule has 0 aromatic carbocycles. The van der Waals surface area contributed by atoms with Crippen LogP contribution < -0.4 is 5.32 Å². The lowest BCUT2D eigenvalue weighted by atomic mass is 9.93. The van der Waals surface area contributed by atoms with Crippen molar-refractivity contribution in [3.05, 3.63) is 30.1 Å². The highest BCUT2D eigenvalue weighted by Gasteiger charge is 2.37. The van der Waals surface area contributed by atoms with E-state index in [4.69, 9.17) is 5.11 Å². The van der Waals surface area contributed by atoms with E-state index in [1.807, 2.05) is 12.1 Å². The number of rotatable bonds is 4.